The van der Waals surface area contributed by atoms with Crippen molar-refractivity contribution in [2.75, 3.05) is 7.11 Å². The molecule has 2 fully saturated rings. The van der Waals surface area contributed by atoms with Crippen LogP contribution >= 0.6 is 11.6 Å². The average Bonchev–Trinajstić information content (AvgIpc) is 3.40. The molecule has 1 unspecified atom stereocenters. The molecule has 1 N–H and O–H groups in total. The zero-order valence-electron chi connectivity index (χ0n) is 17.8. The highest BCUT2D eigenvalue weighted by molar-refractivity contribution is 7.92. The molecular weight excluding hydrogens is 471 g/mol. The summed E-state index contributed by atoms with van der Waals surface area (Å²) in [6.45, 7) is 0. The third-order valence-corrected chi connectivity index (χ3v) is 8.78. The quantitative estimate of drug-likeness (QED) is 0.626. The molecule has 174 valence electrons. The smallest absolute Gasteiger partial charge is 0.227 e. The number of sulfone groups is 1. The minimum absolute atomic E-state index is 0.0158. The second-order valence-electron chi connectivity index (χ2n) is 8.35. The van der Waals surface area contributed by atoms with Crippen molar-refractivity contribution < 1.29 is 27.1 Å². The van der Waals surface area contributed by atoms with Gasteiger partial charge < -0.3 is 14.8 Å². The predicted octanol–water partition coefficient (Wildman–Crippen LogP) is 4.01. The van der Waals surface area contributed by atoms with Crippen LogP contribution in [0.1, 0.15) is 25.7 Å². The summed E-state index contributed by atoms with van der Waals surface area (Å²) < 4.78 is 50.8. The second-order valence-corrected chi connectivity index (χ2v) is 11.0. The largest absolute Gasteiger partial charge is 0.457 e. The van der Waals surface area contributed by atoms with Gasteiger partial charge in [0.05, 0.1) is 33.3 Å². The first-order valence-corrected chi connectivity index (χ1v) is 12.3. The van der Waals surface area contributed by atoms with Crippen molar-refractivity contribution in [1.29, 1.82) is 5.26 Å². The summed E-state index contributed by atoms with van der Waals surface area (Å²) in [6.07, 6.45) is 0.796. The van der Waals surface area contributed by atoms with Crippen molar-refractivity contribution in [3.05, 3.63) is 53.3 Å². The molecule has 0 spiro atoms. The molecule has 2 saturated carbocycles. The van der Waals surface area contributed by atoms with Gasteiger partial charge in [-0.1, -0.05) is 11.6 Å². The molecule has 0 radical (unpaired) electrons. The van der Waals surface area contributed by atoms with Gasteiger partial charge in [-0.05, 0) is 62.1 Å². The molecule has 33 heavy (non-hydrogen) atoms. The Hall–Kier alpha value is -2.67. The van der Waals surface area contributed by atoms with E-state index in [-0.39, 0.29) is 28.7 Å². The Morgan fingerprint density at radius 1 is 1.18 bits per heavy atom. The number of rotatable bonds is 7. The van der Waals surface area contributed by atoms with Crippen molar-refractivity contribution in [3.63, 3.8) is 0 Å². The van der Waals surface area contributed by atoms with Gasteiger partial charge in [-0.15, -0.1) is 0 Å². The highest BCUT2D eigenvalue weighted by Crippen LogP contribution is 2.40. The number of ether oxygens (including phenoxy) is 2. The molecular formula is C23H22ClFN2O5S. The Morgan fingerprint density at radius 3 is 2.42 bits per heavy atom. The van der Waals surface area contributed by atoms with E-state index in [9.17, 15) is 22.9 Å². The fourth-order valence-electron chi connectivity index (χ4n) is 4.06. The van der Waals surface area contributed by atoms with Crippen LogP contribution in [-0.4, -0.2) is 38.3 Å². The summed E-state index contributed by atoms with van der Waals surface area (Å²) in [5.41, 5.74) is -0.837. The first-order chi connectivity index (χ1) is 15.7. The van der Waals surface area contributed by atoms with Gasteiger partial charge in [-0.25, -0.2) is 12.8 Å². The van der Waals surface area contributed by atoms with E-state index in [4.69, 9.17) is 21.1 Å². The molecule has 7 nitrogen and oxygen atoms in total. The van der Waals surface area contributed by atoms with Gasteiger partial charge in [0.25, 0.3) is 0 Å². The third kappa shape index (κ3) is 4.83. The minimum Gasteiger partial charge on any atom is -0.457 e. The number of carbonyl (C=O) groups excluding carboxylic acids is 1. The maximum atomic E-state index is 13.3. The van der Waals surface area contributed by atoms with Crippen molar-refractivity contribution in [2.24, 2.45) is 5.92 Å². The SMILES string of the molecule is CO[C@@H]1C[C@H](S(=O)(=O)c2ccc(Oc3ccc(F)cc3)cc2Cl)CC1C(=O)NC1(C#N)CC1. The van der Waals surface area contributed by atoms with E-state index in [1.54, 1.807) is 0 Å². The van der Waals surface area contributed by atoms with Crippen LogP contribution < -0.4 is 10.1 Å². The molecule has 3 atom stereocenters. The van der Waals surface area contributed by atoms with Crippen molar-refractivity contribution >= 4 is 27.3 Å². The highest BCUT2D eigenvalue weighted by Gasteiger charge is 2.50. The maximum Gasteiger partial charge on any atom is 0.227 e. The standard InChI is InChI=1S/C23H22ClFN2O5S/c1-31-20-12-17(11-18(20)22(28)27-23(13-26)8-9-23)33(29,30)21-7-6-16(10-19(21)24)32-15-4-2-14(25)3-5-15/h2-7,10,17-18,20H,8-9,11-12H2,1H3,(H,27,28)/t17-,18?,20-/m1/s1. The molecule has 0 bridgehead atoms. The summed E-state index contributed by atoms with van der Waals surface area (Å²) in [6, 6.07) is 11.7. The molecule has 0 heterocycles. The van der Waals surface area contributed by atoms with Gasteiger partial charge in [-0.2, -0.15) is 5.26 Å². The third-order valence-electron chi connectivity index (χ3n) is 6.12. The number of carbonyl (C=O) groups is 1. The second kappa shape index (κ2) is 8.93. The number of hydrogen-bond donors (Lipinski definition) is 1. The van der Waals surface area contributed by atoms with Crippen LogP contribution in [-0.2, 0) is 19.4 Å². The maximum absolute atomic E-state index is 13.3. The van der Waals surface area contributed by atoms with E-state index in [1.165, 1.54) is 49.6 Å². The van der Waals surface area contributed by atoms with Gasteiger partial charge in [0, 0.05) is 13.2 Å². The van der Waals surface area contributed by atoms with E-state index in [1.807, 2.05) is 0 Å². The Bertz CT molecular complexity index is 1210. The Kier molecular flexibility index (Phi) is 6.36. The lowest BCUT2D eigenvalue weighted by Gasteiger charge is -2.19. The Morgan fingerprint density at radius 2 is 1.85 bits per heavy atom. The van der Waals surface area contributed by atoms with Crippen molar-refractivity contribution in [1.82, 2.24) is 5.32 Å². The molecule has 2 aromatic rings. The average molecular weight is 493 g/mol. The number of halogens is 2. The molecule has 4 rings (SSSR count). The lowest BCUT2D eigenvalue weighted by molar-refractivity contribution is -0.128. The minimum atomic E-state index is -3.87. The van der Waals surface area contributed by atoms with Crippen LogP contribution in [0.2, 0.25) is 5.02 Å². The lowest BCUT2D eigenvalue weighted by atomic mass is 10.0. The van der Waals surface area contributed by atoms with Crippen LogP contribution in [0.5, 0.6) is 11.5 Å². The van der Waals surface area contributed by atoms with E-state index in [2.05, 4.69) is 11.4 Å². The van der Waals surface area contributed by atoms with Crippen LogP contribution in [0.25, 0.3) is 0 Å². The number of amides is 1. The molecule has 10 heteroatoms. The van der Waals surface area contributed by atoms with Gasteiger partial charge >= 0.3 is 0 Å². The zero-order chi connectivity index (χ0) is 23.8. The first-order valence-electron chi connectivity index (χ1n) is 10.4. The molecule has 0 aliphatic heterocycles. The fourth-order valence-corrected chi connectivity index (χ4v) is 6.40. The van der Waals surface area contributed by atoms with Gasteiger partial charge in [0.15, 0.2) is 9.84 Å². The van der Waals surface area contributed by atoms with Gasteiger partial charge in [-0.3, -0.25) is 4.79 Å². The summed E-state index contributed by atoms with van der Waals surface area (Å²) in [7, 11) is -2.43. The topological polar surface area (TPSA) is 105 Å². The molecule has 2 aliphatic rings. The summed E-state index contributed by atoms with van der Waals surface area (Å²) in [5, 5.41) is 11.1. The molecule has 0 saturated heterocycles. The Balaban J connectivity index is 1.51. The molecule has 2 aliphatic carbocycles. The normalized spacial score (nSPS) is 23.5. The van der Waals surface area contributed by atoms with Crippen LogP contribution in [0.3, 0.4) is 0 Å². The summed E-state index contributed by atoms with van der Waals surface area (Å²) in [4.78, 5) is 12.7. The highest BCUT2D eigenvalue weighted by atomic mass is 35.5. The molecule has 0 aromatic heterocycles. The number of hydrogen-bond acceptors (Lipinski definition) is 6. The van der Waals surface area contributed by atoms with E-state index in [0.717, 1.165) is 0 Å². The van der Waals surface area contributed by atoms with Crippen LogP contribution in [0.4, 0.5) is 4.39 Å². The number of nitrogens with zero attached hydrogens (tertiary/aromatic N) is 1. The van der Waals surface area contributed by atoms with Crippen LogP contribution in [0.15, 0.2) is 47.4 Å². The summed E-state index contributed by atoms with van der Waals surface area (Å²) in [5.74, 6) is -0.774. The monoisotopic (exact) mass is 492 g/mol. The Labute approximate surface area is 196 Å². The van der Waals surface area contributed by atoms with E-state index >= 15 is 0 Å². The van der Waals surface area contributed by atoms with Crippen LogP contribution in [0, 0.1) is 23.1 Å². The van der Waals surface area contributed by atoms with E-state index in [0.29, 0.717) is 24.3 Å². The summed E-state index contributed by atoms with van der Waals surface area (Å²) >= 11 is 6.30. The zero-order valence-corrected chi connectivity index (χ0v) is 19.3. The van der Waals surface area contributed by atoms with Gasteiger partial charge in [0.1, 0.15) is 22.9 Å². The van der Waals surface area contributed by atoms with Crippen molar-refractivity contribution in [2.45, 2.75) is 47.5 Å². The number of benzene rings is 2. The fraction of sp³-hybridized carbons (Fsp3) is 0.391. The predicted molar refractivity (Wildman–Crippen MR) is 118 cm³/mol. The van der Waals surface area contributed by atoms with E-state index < -0.39 is 38.5 Å². The molecule has 2 aromatic carbocycles. The van der Waals surface area contributed by atoms with Gasteiger partial charge in [0.2, 0.25) is 5.91 Å². The first kappa shape index (κ1) is 23.5. The number of nitriles is 1. The van der Waals surface area contributed by atoms with Crippen molar-refractivity contribution in [3.8, 4) is 17.6 Å². The lowest BCUT2D eigenvalue weighted by Crippen LogP contribution is -2.42. The number of nitrogens with one attached hydrogen (secondary N) is 1. The molecule has 1 amide bonds. The number of methoxy groups -OCH3 is 1.